The third-order valence-corrected chi connectivity index (χ3v) is 3.77. The molecule has 2 N–H and O–H groups in total. The molecule has 0 aliphatic carbocycles. The number of quaternary nitrogens is 1. The maximum Gasteiger partial charge on any atom is 0.275 e. The number of nitrogens with zero attached hydrogens (tertiary/aromatic N) is 1. The lowest BCUT2D eigenvalue weighted by Gasteiger charge is -2.34. The van der Waals surface area contributed by atoms with Crippen molar-refractivity contribution in [2.75, 3.05) is 50.8 Å². The van der Waals surface area contributed by atoms with Crippen LogP contribution in [0.3, 0.4) is 0 Å². The van der Waals surface area contributed by atoms with E-state index in [0.29, 0.717) is 19.7 Å². The minimum absolute atomic E-state index is 0.0242. The number of anilines is 1. The number of hydrogen-bond donors (Lipinski definition) is 2. The summed E-state index contributed by atoms with van der Waals surface area (Å²) in [5.41, 5.74) is 1.14. The SMILES string of the molecule is C#CCNC(=O)C[NH+]1CCN(c2ccccc2OCC)CC1. The lowest BCUT2D eigenvalue weighted by Crippen LogP contribution is -3.15. The first-order chi connectivity index (χ1) is 10.7. The molecule has 1 heterocycles. The van der Waals surface area contributed by atoms with Crippen LogP contribution in [0.15, 0.2) is 24.3 Å². The molecule has 118 valence electrons. The zero-order valence-corrected chi connectivity index (χ0v) is 13.1. The van der Waals surface area contributed by atoms with E-state index in [1.165, 1.54) is 4.90 Å². The molecular weight excluding hydrogens is 278 g/mol. The molecular formula is C17H24N3O2+. The first kappa shape index (κ1) is 16.2. The fraction of sp³-hybridized carbons (Fsp3) is 0.471. The number of carbonyl (C=O) groups excluding carboxylic acids is 1. The van der Waals surface area contributed by atoms with Crippen LogP contribution in [0.25, 0.3) is 0 Å². The van der Waals surface area contributed by atoms with E-state index in [2.05, 4.69) is 22.2 Å². The smallest absolute Gasteiger partial charge is 0.275 e. The van der Waals surface area contributed by atoms with Gasteiger partial charge < -0.3 is 19.9 Å². The van der Waals surface area contributed by atoms with Gasteiger partial charge in [0.15, 0.2) is 6.54 Å². The van der Waals surface area contributed by atoms with Gasteiger partial charge in [-0.1, -0.05) is 18.1 Å². The van der Waals surface area contributed by atoms with Gasteiger partial charge in [-0.3, -0.25) is 4.79 Å². The molecule has 2 rings (SSSR count). The second-order valence-electron chi connectivity index (χ2n) is 5.30. The average Bonchev–Trinajstić information content (AvgIpc) is 2.55. The number of hydrogen-bond acceptors (Lipinski definition) is 3. The summed E-state index contributed by atoms with van der Waals surface area (Å²) < 4.78 is 5.69. The van der Waals surface area contributed by atoms with Gasteiger partial charge in [0.05, 0.1) is 45.0 Å². The number of para-hydroxylation sites is 2. The summed E-state index contributed by atoms with van der Waals surface area (Å²) in [7, 11) is 0. The minimum atomic E-state index is 0.0242. The molecule has 0 bridgehead atoms. The normalized spacial score (nSPS) is 15.2. The summed E-state index contributed by atoms with van der Waals surface area (Å²) in [5.74, 6) is 3.37. The average molecular weight is 302 g/mol. The molecule has 1 saturated heterocycles. The fourth-order valence-electron chi connectivity index (χ4n) is 2.68. The summed E-state index contributed by atoms with van der Waals surface area (Å²) >= 11 is 0. The fourth-order valence-corrected chi connectivity index (χ4v) is 2.68. The molecule has 1 aromatic rings. The third kappa shape index (κ3) is 4.40. The molecule has 22 heavy (non-hydrogen) atoms. The molecule has 1 aromatic carbocycles. The number of ether oxygens (including phenoxy) is 1. The van der Waals surface area contributed by atoms with E-state index in [1.54, 1.807) is 0 Å². The van der Waals surface area contributed by atoms with Crippen molar-refractivity contribution in [2.45, 2.75) is 6.92 Å². The Balaban J connectivity index is 1.87. The van der Waals surface area contributed by atoms with Gasteiger partial charge in [0.25, 0.3) is 5.91 Å². The number of terminal acetylenes is 1. The summed E-state index contributed by atoms with van der Waals surface area (Å²) in [6.07, 6.45) is 5.14. The summed E-state index contributed by atoms with van der Waals surface area (Å²) in [6.45, 7) is 7.16. The van der Waals surface area contributed by atoms with Crippen LogP contribution in [0.2, 0.25) is 0 Å². The number of benzene rings is 1. The molecule has 0 atom stereocenters. The Morgan fingerprint density at radius 2 is 2.14 bits per heavy atom. The van der Waals surface area contributed by atoms with Gasteiger partial charge in [0, 0.05) is 0 Å². The van der Waals surface area contributed by atoms with E-state index in [9.17, 15) is 4.79 Å². The van der Waals surface area contributed by atoms with E-state index < -0.39 is 0 Å². The van der Waals surface area contributed by atoms with Crippen LogP contribution in [0, 0.1) is 12.3 Å². The molecule has 0 unspecified atom stereocenters. The highest BCUT2D eigenvalue weighted by Crippen LogP contribution is 2.27. The Hall–Kier alpha value is -2.19. The van der Waals surface area contributed by atoms with Crippen molar-refractivity contribution in [3.8, 4) is 18.1 Å². The van der Waals surface area contributed by atoms with Crippen molar-refractivity contribution < 1.29 is 14.4 Å². The van der Waals surface area contributed by atoms with Crippen LogP contribution in [0.4, 0.5) is 5.69 Å². The van der Waals surface area contributed by atoms with Crippen molar-refractivity contribution >= 4 is 11.6 Å². The number of rotatable bonds is 6. The monoisotopic (exact) mass is 302 g/mol. The predicted octanol–water partition coefficient (Wildman–Crippen LogP) is -0.460. The maximum absolute atomic E-state index is 11.7. The second-order valence-corrected chi connectivity index (χ2v) is 5.30. The number of amides is 1. The van der Waals surface area contributed by atoms with Crippen LogP contribution >= 0.6 is 0 Å². The number of carbonyl (C=O) groups is 1. The molecule has 0 saturated carbocycles. The number of nitrogens with one attached hydrogen (secondary N) is 2. The quantitative estimate of drug-likeness (QED) is 0.699. The van der Waals surface area contributed by atoms with Gasteiger partial charge in [0.2, 0.25) is 0 Å². The maximum atomic E-state index is 11.7. The zero-order valence-electron chi connectivity index (χ0n) is 13.1. The lowest BCUT2D eigenvalue weighted by atomic mass is 10.2. The molecule has 0 aromatic heterocycles. The molecule has 0 radical (unpaired) electrons. The Bertz CT molecular complexity index is 531. The molecule has 1 fully saturated rings. The first-order valence-electron chi connectivity index (χ1n) is 7.75. The Morgan fingerprint density at radius 3 is 2.82 bits per heavy atom. The van der Waals surface area contributed by atoms with Crippen molar-refractivity contribution in [2.24, 2.45) is 0 Å². The van der Waals surface area contributed by atoms with E-state index in [4.69, 9.17) is 11.2 Å². The molecule has 1 aliphatic heterocycles. The van der Waals surface area contributed by atoms with Crippen molar-refractivity contribution in [3.05, 3.63) is 24.3 Å². The molecule has 1 amide bonds. The molecule has 5 nitrogen and oxygen atoms in total. The van der Waals surface area contributed by atoms with Crippen LogP contribution < -0.4 is 19.9 Å². The van der Waals surface area contributed by atoms with E-state index in [1.807, 2.05) is 25.1 Å². The van der Waals surface area contributed by atoms with Crippen LogP contribution in [0.5, 0.6) is 5.75 Å². The first-order valence-corrected chi connectivity index (χ1v) is 7.75. The van der Waals surface area contributed by atoms with Crippen LogP contribution in [0.1, 0.15) is 6.92 Å². The Kier molecular flexibility index (Phi) is 6.11. The van der Waals surface area contributed by atoms with Gasteiger partial charge >= 0.3 is 0 Å². The van der Waals surface area contributed by atoms with E-state index in [0.717, 1.165) is 37.6 Å². The lowest BCUT2D eigenvalue weighted by molar-refractivity contribution is -0.892. The van der Waals surface area contributed by atoms with E-state index in [-0.39, 0.29) is 5.91 Å². The van der Waals surface area contributed by atoms with Gasteiger partial charge in [-0.25, -0.2) is 0 Å². The van der Waals surface area contributed by atoms with Crippen LogP contribution in [-0.4, -0.2) is 51.8 Å². The van der Waals surface area contributed by atoms with Crippen molar-refractivity contribution in [3.63, 3.8) is 0 Å². The molecule has 1 aliphatic rings. The Morgan fingerprint density at radius 1 is 1.41 bits per heavy atom. The number of piperazine rings is 1. The predicted molar refractivity (Wildman–Crippen MR) is 87.2 cm³/mol. The molecule has 0 spiro atoms. The third-order valence-electron chi connectivity index (χ3n) is 3.77. The van der Waals surface area contributed by atoms with E-state index >= 15 is 0 Å². The highest BCUT2D eigenvalue weighted by Gasteiger charge is 2.23. The zero-order chi connectivity index (χ0) is 15.8. The molecule has 5 heteroatoms. The largest absolute Gasteiger partial charge is 0.492 e. The van der Waals surface area contributed by atoms with Gasteiger partial charge in [-0.2, -0.15) is 0 Å². The Labute approximate surface area is 132 Å². The standard InChI is InChI=1S/C17H23N3O2/c1-3-9-18-17(21)14-19-10-12-20(13-11-19)15-7-5-6-8-16(15)22-4-2/h1,5-8H,4,9-14H2,2H3,(H,18,21)/p+1. The summed E-state index contributed by atoms with van der Waals surface area (Å²) in [6, 6.07) is 8.12. The minimum Gasteiger partial charge on any atom is -0.492 e. The van der Waals surface area contributed by atoms with Crippen molar-refractivity contribution in [1.29, 1.82) is 0 Å². The summed E-state index contributed by atoms with van der Waals surface area (Å²) in [4.78, 5) is 15.3. The van der Waals surface area contributed by atoms with Gasteiger partial charge in [-0.15, -0.1) is 6.42 Å². The van der Waals surface area contributed by atoms with Gasteiger partial charge in [-0.05, 0) is 19.1 Å². The second kappa shape index (κ2) is 8.30. The topological polar surface area (TPSA) is 46.0 Å². The van der Waals surface area contributed by atoms with Gasteiger partial charge in [0.1, 0.15) is 5.75 Å². The van der Waals surface area contributed by atoms with Crippen LogP contribution in [-0.2, 0) is 4.79 Å². The highest BCUT2D eigenvalue weighted by molar-refractivity contribution is 5.77. The summed E-state index contributed by atoms with van der Waals surface area (Å²) in [5, 5.41) is 2.72. The van der Waals surface area contributed by atoms with Crippen molar-refractivity contribution in [1.82, 2.24) is 5.32 Å². The highest BCUT2D eigenvalue weighted by atomic mass is 16.5.